The molecular weight excluding hydrogens is 430 g/mol. The molecule has 0 atom stereocenters. The lowest BCUT2D eigenvalue weighted by Gasteiger charge is -2.11. The Kier molecular flexibility index (Phi) is 7.79. The van der Waals surface area contributed by atoms with Crippen molar-refractivity contribution in [3.63, 3.8) is 0 Å². The van der Waals surface area contributed by atoms with E-state index in [1.54, 1.807) is 13.8 Å². The summed E-state index contributed by atoms with van der Waals surface area (Å²) in [5, 5.41) is 6.53. The summed E-state index contributed by atoms with van der Waals surface area (Å²) < 4.78 is 44.1. The first kappa shape index (κ1) is 23.5. The molecule has 0 aliphatic rings. The van der Waals surface area contributed by atoms with E-state index >= 15 is 0 Å². The maximum Gasteiger partial charge on any atom is 0.339 e. The van der Waals surface area contributed by atoms with Gasteiger partial charge in [-0.3, -0.25) is 5.32 Å². The van der Waals surface area contributed by atoms with E-state index in [1.807, 2.05) is 0 Å². The fourth-order valence-corrected chi connectivity index (χ4v) is 3.16. The second-order valence-corrected chi connectivity index (χ2v) is 7.40. The van der Waals surface area contributed by atoms with Gasteiger partial charge in [-0.2, -0.15) is 23.5 Å². The lowest BCUT2D eigenvalue weighted by atomic mass is 10.2. The SMILES string of the molecule is COC(=O)c1ccccc1S(=O)(=O)N=C(NN=C(C)C)Nc1nc(OC)nc(OC)n1. The van der Waals surface area contributed by atoms with Crippen LogP contribution in [0.3, 0.4) is 0 Å². The average Bonchev–Trinajstić information content (AvgIpc) is 2.76. The minimum absolute atomic E-state index is 0.0808. The summed E-state index contributed by atoms with van der Waals surface area (Å²) in [7, 11) is -0.567. The van der Waals surface area contributed by atoms with Crippen molar-refractivity contribution in [2.75, 3.05) is 26.6 Å². The molecule has 14 heteroatoms. The number of benzene rings is 1. The number of guanidine groups is 1. The van der Waals surface area contributed by atoms with Crippen molar-refractivity contribution in [2.45, 2.75) is 18.7 Å². The number of hydrazone groups is 1. The number of esters is 1. The van der Waals surface area contributed by atoms with Gasteiger partial charge in [0, 0.05) is 5.71 Å². The highest BCUT2D eigenvalue weighted by molar-refractivity contribution is 7.90. The number of methoxy groups -OCH3 is 3. The van der Waals surface area contributed by atoms with Gasteiger partial charge in [0.25, 0.3) is 10.0 Å². The fraction of sp³-hybridized carbons (Fsp3) is 0.294. The van der Waals surface area contributed by atoms with Gasteiger partial charge in [0.2, 0.25) is 11.9 Å². The summed E-state index contributed by atoms with van der Waals surface area (Å²) in [6, 6.07) is 5.33. The molecule has 0 fully saturated rings. The van der Waals surface area contributed by atoms with Crippen molar-refractivity contribution in [3.05, 3.63) is 29.8 Å². The molecule has 0 aliphatic carbocycles. The maximum atomic E-state index is 12.9. The summed E-state index contributed by atoms with van der Waals surface area (Å²) in [5.74, 6) is -1.31. The summed E-state index contributed by atoms with van der Waals surface area (Å²) in [4.78, 5) is 23.4. The number of aromatic nitrogens is 3. The Morgan fingerprint density at radius 1 is 1.00 bits per heavy atom. The smallest absolute Gasteiger partial charge is 0.339 e. The molecule has 0 unspecified atom stereocenters. The molecule has 0 amide bonds. The zero-order chi connectivity index (χ0) is 23.0. The van der Waals surface area contributed by atoms with Crippen LogP contribution in [0.2, 0.25) is 0 Å². The second-order valence-electron chi connectivity index (χ2n) is 5.83. The Hall–Kier alpha value is -3.81. The Morgan fingerprint density at radius 3 is 2.16 bits per heavy atom. The highest BCUT2D eigenvalue weighted by Gasteiger charge is 2.23. The first-order valence-electron chi connectivity index (χ1n) is 8.60. The summed E-state index contributed by atoms with van der Waals surface area (Å²) in [5.41, 5.74) is 2.88. The number of nitrogens with zero attached hydrogens (tertiary/aromatic N) is 5. The third-order valence-corrected chi connectivity index (χ3v) is 4.69. The quantitative estimate of drug-likeness (QED) is 0.265. The van der Waals surface area contributed by atoms with E-state index in [0.29, 0.717) is 5.71 Å². The topological polar surface area (TPSA) is 166 Å². The summed E-state index contributed by atoms with van der Waals surface area (Å²) in [6.07, 6.45) is 0. The molecule has 1 heterocycles. The van der Waals surface area contributed by atoms with Crippen molar-refractivity contribution in [1.29, 1.82) is 0 Å². The molecule has 0 radical (unpaired) electrons. The van der Waals surface area contributed by atoms with Gasteiger partial charge < -0.3 is 14.2 Å². The zero-order valence-electron chi connectivity index (χ0n) is 17.4. The Bertz CT molecular complexity index is 1090. The molecule has 0 saturated carbocycles. The predicted octanol–water partition coefficient (Wildman–Crippen LogP) is 0.818. The summed E-state index contributed by atoms with van der Waals surface area (Å²) >= 11 is 0. The minimum atomic E-state index is -4.39. The second kappa shape index (κ2) is 10.3. The number of hydrogen-bond acceptors (Lipinski definition) is 10. The van der Waals surface area contributed by atoms with Gasteiger partial charge in [-0.05, 0) is 26.0 Å². The molecule has 0 spiro atoms. The number of rotatable bonds is 7. The van der Waals surface area contributed by atoms with Crippen molar-refractivity contribution < 1.29 is 27.4 Å². The number of nitrogens with one attached hydrogen (secondary N) is 2. The number of carbonyl (C=O) groups is 1. The Labute approximate surface area is 178 Å². The van der Waals surface area contributed by atoms with Crippen LogP contribution in [0.5, 0.6) is 12.0 Å². The van der Waals surface area contributed by atoms with Crippen LogP contribution in [0, 0.1) is 0 Å². The van der Waals surface area contributed by atoms with Gasteiger partial charge in [0.05, 0.1) is 26.9 Å². The van der Waals surface area contributed by atoms with Crippen LogP contribution in [-0.4, -0.2) is 62.3 Å². The summed E-state index contributed by atoms with van der Waals surface area (Å²) in [6.45, 7) is 3.36. The van der Waals surface area contributed by atoms with Crippen LogP contribution in [-0.2, 0) is 14.8 Å². The first-order chi connectivity index (χ1) is 14.7. The molecule has 0 bridgehead atoms. The van der Waals surface area contributed by atoms with Gasteiger partial charge in [-0.25, -0.2) is 10.2 Å². The molecule has 2 rings (SSSR count). The standard InChI is InChI=1S/C17H21N7O6S/c1-10(2)22-23-15(18-14-19-16(29-4)21-17(20-14)30-5)24-31(26,27)12-9-7-6-8-11(12)13(25)28-3/h6-9H,1-5H3,(H2,18,19,20,21,23,24). The van der Waals surface area contributed by atoms with Gasteiger partial charge >= 0.3 is 18.0 Å². The van der Waals surface area contributed by atoms with Crippen LogP contribution < -0.4 is 20.2 Å². The van der Waals surface area contributed by atoms with E-state index in [2.05, 4.69) is 39.9 Å². The van der Waals surface area contributed by atoms with E-state index < -0.39 is 16.0 Å². The molecule has 1 aromatic heterocycles. The van der Waals surface area contributed by atoms with Gasteiger partial charge in [0.15, 0.2) is 0 Å². The van der Waals surface area contributed by atoms with Crippen molar-refractivity contribution in [1.82, 2.24) is 20.4 Å². The normalized spacial score (nSPS) is 11.3. The highest BCUT2D eigenvalue weighted by Crippen LogP contribution is 2.19. The molecule has 13 nitrogen and oxygen atoms in total. The van der Waals surface area contributed by atoms with Crippen molar-refractivity contribution >= 4 is 33.6 Å². The fourth-order valence-electron chi connectivity index (χ4n) is 2.06. The van der Waals surface area contributed by atoms with Gasteiger partial charge in [-0.15, -0.1) is 9.38 Å². The number of carbonyl (C=O) groups excluding carboxylic acids is 1. The largest absolute Gasteiger partial charge is 0.467 e. The molecule has 2 aromatic rings. The van der Waals surface area contributed by atoms with E-state index in [9.17, 15) is 13.2 Å². The lowest BCUT2D eigenvalue weighted by Crippen LogP contribution is -2.29. The van der Waals surface area contributed by atoms with Crippen molar-refractivity contribution in [3.8, 4) is 12.0 Å². The molecule has 0 aliphatic heterocycles. The lowest BCUT2D eigenvalue weighted by molar-refractivity contribution is 0.0596. The number of sulfonamides is 1. The molecule has 2 N–H and O–H groups in total. The third kappa shape index (κ3) is 6.33. The minimum Gasteiger partial charge on any atom is -0.467 e. The molecular formula is C17H21N7O6S. The molecule has 0 saturated heterocycles. The molecule has 1 aromatic carbocycles. The third-order valence-electron chi connectivity index (χ3n) is 3.36. The average molecular weight is 451 g/mol. The first-order valence-corrected chi connectivity index (χ1v) is 10.0. The number of ether oxygens (including phenoxy) is 3. The van der Waals surface area contributed by atoms with Crippen LogP contribution in [0.1, 0.15) is 24.2 Å². The van der Waals surface area contributed by atoms with E-state index in [4.69, 9.17) is 9.47 Å². The Morgan fingerprint density at radius 2 is 1.61 bits per heavy atom. The molecule has 31 heavy (non-hydrogen) atoms. The van der Waals surface area contributed by atoms with Crippen LogP contribution in [0.15, 0.2) is 38.7 Å². The molecule has 166 valence electrons. The zero-order valence-corrected chi connectivity index (χ0v) is 18.2. The highest BCUT2D eigenvalue weighted by atomic mass is 32.2. The van der Waals surface area contributed by atoms with Gasteiger partial charge in [0.1, 0.15) is 4.90 Å². The predicted molar refractivity (Wildman–Crippen MR) is 111 cm³/mol. The maximum absolute atomic E-state index is 12.9. The number of anilines is 1. The number of hydrogen-bond donors (Lipinski definition) is 2. The van der Waals surface area contributed by atoms with Crippen LogP contribution in [0.4, 0.5) is 5.95 Å². The van der Waals surface area contributed by atoms with Crippen LogP contribution >= 0.6 is 0 Å². The van der Waals surface area contributed by atoms with E-state index in [0.717, 1.165) is 7.11 Å². The van der Waals surface area contributed by atoms with Crippen LogP contribution in [0.25, 0.3) is 0 Å². The Balaban J connectivity index is 2.54. The van der Waals surface area contributed by atoms with E-state index in [-0.39, 0.29) is 34.4 Å². The van der Waals surface area contributed by atoms with Crippen molar-refractivity contribution in [2.24, 2.45) is 9.50 Å². The van der Waals surface area contributed by atoms with E-state index in [1.165, 1.54) is 38.5 Å². The van der Waals surface area contributed by atoms with Gasteiger partial charge in [-0.1, -0.05) is 12.1 Å². The monoisotopic (exact) mass is 451 g/mol.